The van der Waals surface area contributed by atoms with Gasteiger partial charge in [0.1, 0.15) is 17.3 Å². The second-order valence-corrected chi connectivity index (χ2v) is 5.55. The fraction of sp³-hybridized carbons (Fsp3) is 0.312. The molecule has 0 bridgehead atoms. The summed E-state index contributed by atoms with van der Waals surface area (Å²) in [4.78, 5) is 13.3. The van der Waals surface area contributed by atoms with Gasteiger partial charge in [0.05, 0.1) is 12.3 Å². The summed E-state index contributed by atoms with van der Waals surface area (Å²) in [5, 5.41) is 33.1. The van der Waals surface area contributed by atoms with Crippen molar-refractivity contribution >= 4 is 34.6 Å². The third kappa shape index (κ3) is 4.14. The number of aromatic nitrogens is 2. The van der Waals surface area contributed by atoms with Crippen LogP contribution in [0.15, 0.2) is 28.4 Å². The Balaban J connectivity index is 2.42. The van der Waals surface area contributed by atoms with Crippen molar-refractivity contribution in [1.82, 2.24) is 9.78 Å². The predicted octanol–water partition coefficient (Wildman–Crippen LogP) is 1.68. The van der Waals surface area contributed by atoms with Gasteiger partial charge in [-0.15, -0.1) is 10.2 Å². The Kier molecular flexibility index (Phi) is 5.87. The number of nitrogens with zero attached hydrogens (tertiary/aromatic N) is 6. The Morgan fingerprint density at radius 3 is 2.85 bits per heavy atom. The van der Waals surface area contributed by atoms with E-state index in [9.17, 15) is 4.79 Å². The number of hydrogen-bond acceptors (Lipinski definition) is 8. The van der Waals surface area contributed by atoms with E-state index in [-0.39, 0.29) is 29.7 Å². The monoisotopic (exact) mass is 356 g/mol. The largest absolute Gasteiger partial charge is 0.395 e. The number of likely N-dealkylation sites (N-methyl/N-ethyl adjacent to an activating group) is 1. The van der Waals surface area contributed by atoms with Crippen LogP contribution in [0.25, 0.3) is 0 Å². The number of aliphatic hydroxyl groups excluding tert-OH is 1. The van der Waals surface area contributed by atoms with Gasteiger partial charge in [-0.25, -0.2) is 4.68 Å². The quantitative estimate of drug-likeness (QED) is 0.671. The number of aryl methyl sites for hydroxylation is 1. The van der Waals surface area contributed by atoms with Crippen molar-refractivity contribution in [2.75, 3.05) is 36.1 Å². The standard InChI is InChI=1S/C16H20N8O2/c1-10(26)19-14-8-11(23(2)6-7-25)4-5-13(14)20-21-16-12(9-17)15(18)22-24(16)3/h4-5,8,25H,6-7H2,1-3H3,(H2,18,22)(H,19,26)/b21-20+. The number of nitriles is 1. The fourth-order valence-corrected chi connectivity index (χ4v) is 2.28. The van der Waals surface area contributed by atoms with Crippen LogP contribution in [0.1, 0.15) is 12.5 Å². The minimum atomic E-state index is -0.258. The maximum atomic E-state index is 11.5. The summed E-state index contributed by atoms with van der Waals surface area (Å²) in [6.07, 6.45) is 0. The van der Waals surface area contributed by atoms with Gasteiger partial charge in [-0.1, -0.05) is 0 Å². The molecule has 1 heterocycles. The molecule has 0 unspecified atom stereocenters. The number of carbonyl (C=O) groups is 1. The van der Waals surface area contributed by atoms with E-state index < -0.39 is 0 Å². The van der Waals surface area contributed by atoms with Gasteiger partial charge in [-0.2, -0.15) is 10.4 Å². The first-order valence-corrected chi connectivity index (χ1v) is 7.75. The maximum absolute atomic E-state index is 11.5. The number of anilines is 3. The summed E-state index contributed by atoms with van der Waals surface area (Å²) < 4.78 is 1.36. The number of hydrogen-bond donors (Lipinski definition) is 3. The molecular formula is C16H20N8O2. The van der Waals surface area contributed by atoms with Gasteiger partial charge in [0.15, 0.2) is 11.6 Å². The lowest BCUT2D eigenvalue weighted by molar-refractivity contribution is -0.114. The third-order valence-electron chi connectivity index (χ3n) is 3.58. The van der Waals surface area contributed by atoms with Crippen molar-refractivity contribution in [3.05, 3.63) is 23.8 Å². The van der Waals surface area contributed by atoms with Crippen LogP contribution in [0, 0.1) is 11.3 Å². The van der Waals surface area contributed by atoms with Gasteiger partial charge < -0.3 is 21.1 Å². The number of benzene rings is 1. The Morgan fingerprint density at radius 1 is 1.50 bits per heavy atom. The Labute approximate surface area is 150 Å². The smallest absolute Gasteiger partial charge is 0.221 e. The number of carbonyl (C=O) groups excluding carboxylic acids is 1. The van der Waals surface area contributed by atoms with Crippen LogP contribution in [-0.4, -0.2) is 41.0 Å². The van der Waals surface area contributed by atoms with E-state index in [0.717, 1.165) is 5.69 Å². The molecule has 0 aliphatic carbocycles. The highest BCUT2D eigenvalue weighted by Gasteiger charge is 2.14. The lowest BCUT2D eigenvalue weighted by atomic mass is 10.2. The SMILES string of the molecule is CC(=O)Nc1cc(N(C)CCO)ccc1/N=N/c1c(C#N)c(N)nn1C. The maximum Gasteiger partial charge on any atom is 0.221 e. The normalized spacial score (nSPS) is 10.7. The number of nitrogens with one attached hydrogen (secondary N) is 1. The molecule has 0 aliphatic rings. The predicted molar refractivity (Wildman–Crippen MR) is 97.6 cm³/mol. The van der Waals surface area contributed by atoms with Gasteiger partial charge in [-0.3, -0.25) is 4.79 Å². The molecule has 1 aromatic heterocycles. The van der Waals surface area contributed by atoms with Crippen LogP contribution in [0.3, 0.4) is 0 Å². The number of aliphatic hydroxyl groups is 1. The molecule has 0 aliphatic heterocycles. The Bertz CT molecular complexity index is 881. The van der Waals surface area contributed by atoms with Gasteiger partial charge in [0.25, 0.3) is 0 Å². The van der Waals surface area contributed by atoms with Gasteiger partial charge in [0.2, 0.25) is 5.91 Å². The van der Waals surface area contributed by atoms with Crippen molar-refractivity contribution in [3.63, 3.8) is 0 Å². The molecular weight excluding hydrogens is 336 g/mol. The van der Waals surface area contributed by atoms with Crippen molar-refractivity contribution in [2.24, 2.45) is 17.3 Å². The molecule has 0 spiro atoms. The zero-order valence-corrected chi connectivity index (χ0v) is 14.8. The van der Waals surface area contributed by atoms with Crippen LogP contribution >= 0.6 is 0 Å². The summed E-state index contributed by atoms with van der Waals surface area (Å²) in [6, 6.07) is 7.15. The van der Waals surface area contributed by atoms with Crippen LogP contribution in [0.5, 0.6) is 0 Å². The number of amides is 1. The Morgan fingerprint density at radius 2 is 2.23 bits per heavy atom. The first-order valence-electron chi connectivity index (χ1n) is 7.75. The number of rotatable bonds is 6. The second kappa shape index (κ2) is 8.09. The molecule has 26 heavy (non-hydrogen) atoms. The van der Waals surface area contributed by atoms with E-state index in [1.54, 1.807) is 25.2 Å². The molecule has 1 aromatic carbocycles. The van der Waals surface area contributed by atoms with Gasteiger partial charge in [-0.05, 0) is 18.2 Å². The van der Waals surface area contributed by atoms with E-state index >= 15 is 0 Å². The van der Waals surface area contributed by atoms with Crippen LogP contribution in [-0.2, 0) is 11.8 Å². The number of nitrogens with two attached hydrogens (primary N) is 1. The molecule has 2 aromatic rings. The summed E-state index contributed by atoms with van der Waals surface area (Å²) in [5.74, 6) is 0.0400. The van der Waals surface area contributed by atoms with Crippen LogP contribution in [0.4, 0.5) is 28.7 Å². The van der Waals surface area contributed by atoms with Crippen molar-refractivity contribution in [3.8, 4) is 6.07 Å². The lowest BCUT2D eigenvalue weighted by Crippen LogP contribution is -2.21. The molecule has 136 valence electrons. The molecule has 10 heteroatoms. The number of azo groups is 1. The average Bonchev–Trinajstić information content (AvgIpc) is 2.86. The third-order valence-corrected chi connectivity index (χ3v) is 3.58. The molecule has 1 amide bonds. The first kappa shape index (κ1) is 18.9. The number of nitrogen functional groups attached to an aromatic ring is 1. The molecule has 4 N–H and O–H groups in total. The molecule has 0 saturated carbocycles. The van der Waals surface area contributed by atoms with Crippen molar-refractivity contribution in [2.45, 2.75) is 6.92 Å². The highest BCUT2D eigenvalue weighted by molar-refractivity contribution is 5.93. The molecule has 0 fully saturated rings. The van der Waals surface area contributed by atoms with Crippen molar-refractivity contribution in [1.29, 1.82) is 5.26 Å². The van der Waals surface area contributed by atoms with Crippen LogP contribution in [0.2, 0.25) is 0 Å². The summed E-state index contributed by atoms with van der Waals surface area (Å²) in [5.41, 5.74) is 7.45. The average molecular weight is 356 g/mol. The van der Waals surface area contributed by atoms with E-state index in [4.69, 9.17) is 16.1 Å². The highest BCUT2D eigenvalue weighted by Crippen LogP contribution is 2.32. The summed E-state index contributed by atoms with van der Waals surface area (Å²) in [6.45, 7) is 1.84. The molecule has 0 atom stereocenters. The Hall–Kier alpha value is -3.45. The lowest BCUT2D eigenvalue weighted by Gasteiger charge is -2.19. The minimum Gasteiger partial charge on any atom is -0.395 e. The highest BCUT2D eigenvalue weighted by atomic mass is 16.3. The molecule has 0 saturated heterocycles. The van der Waals surface area contributed by atoms with E-state index in [0.29, 0.717) is 17.9 Å². The van der Waals surface area contributed by atoms with Gasteiger partial charge >= 0.3 is 0 Å². The summed E-state index contributed by atoms with van der Waals surface area (Å²) in [7, 11) is 3.43. The minimum absolute atomic E-state index is 0.00623. The molecule has 2 rings (SSSR count). The molecule has 0 radical (unpaired) electrons. The fourth-order valence-electron chi connectivity index (χ4n) is 2.28. The van der Waals surface area contributed by atoms with Gasteiger partial charge in [0, 0.05) is 33.3 Å². The van der Waals surface area contributed by atoms with Crippen LogP contribution < -0.4 is 16.0 Å². The second-order valence-electron chi connectivity index (χ2n) is 5.55. The van der Waals surface area contributed by atoms with E-state index in [2.05, 4.69) is 20.6 Å². The topological polar surface area (TPSA) is 145 Å². The van der Waals surface area contributed by atoms with E-state index in [1.807, 2.05) is 18.0 Å². The summed E-state index contributed by atoms with van der Waals surface area (Å²) >= 11 is 0. The van der Waals surface area contributed by atoms with Crippen molar-refractivity contribution < 1.29 is 9.90 Å². The molecule has 10 nitrogen and oxygen atoms in total. The first-order chi connectivity index (χ1) is 12.4. The zero-order chi connectivity index (χ0) is 19.3. The zero-order valence-electron chi connectivity index (χ0n) is 14.8. The van der Waals surface area contributed by atoms with E-state index in [1.165, 1.54) is 11.6 Å².